The van der Waals surface area contributed by atoms with Gasteiger partial charge in [-0.15, -0.1) is 0 Å². The number of aromatic nitrogens is 2. The van der Waals surface area contributed by atoms with Crippen molar-refractivity contribution in [3.8, 4) is 11.5 Å². The van der Waals surface area contributed by atoms with Crippen LogP contribution in [0, 0.1) is 11.8 Å². The van der Waals surface area contributed by atoms with Gasteiger partial charge in [0.05, 0.1) is 28.9 Å². The lowest BCUT2D eigenvalue weighted by Crippen LogP contribution is -2.48. The van der Waals surface area contributed by atoms with Gasteiger partial charge in [0.15, 0.2) is 11.5 Å². The number of para-hydroxylation sites is 1. The van der Waals surface area contributed by atoms with Crippen LogP contribution < -0.4 is 24.6 Å². The summed E-state index contributed by atoms with van der Waals surface area (Å²) in [6.07, 6.45) is 2.78. The summed E-state index contributed by atoms with van der Waals surface area (Å²) >= 11 is 0. The van der Waals surface area contributed by atoms with Gasteiger partial charge in [-0.3, -0.25) is 9.59 Å². The van der Waals surface area contributed by atoms with Crippen molar-refractivity contribution >= 4 is 45.3 Å². The Kier molecular flexibility index (Phi) is 10.3. The maximum absolute atomic E-state index is 13.8. The number of rotatable bonds is 11. The van der Waals surface area contributed by atoms with Crippen molar-refractivity contribution < 1.29 is 28.9 Å². The molecule has 4 atom stereocenters. The fourth-order valence-corrected chi connectivity index (χ4v) is 8.52. The van der Waals surface area contributed by atoms with Gasteiger partial charge in [-0.25, -0.2) is 9.97 Å². The molecule has 0 radical (unpaired) electrons. The number of aliphatic hydroxyl groups excluding tert-OH is 1. The number of benzene rings is 3. The monoisotopic (exact) mass is 756 g/mol. The number of nitrogens with zero attached hydrogens (tertiary/aromatic N) is 5. The van der Waals surface area contributed by atoms with Crippen molar-refractivity contribution in [3.63, 3.8) is 0 Å². The second-order valence-electron chi connectivity index (χ2n) is 15.5. The van der Waals surface area contributed by atoms with Crippen LogP contribution in [0.2, 0.25) is 0 Å². The number of esters is 1. The van der Waals surface area contributed by atoms with E-state index in [1.807, 2.05) is 78.9 Å². The number of nitrogens with one attached hydrogen (secondary N) is 1. The molecule has 3 aromatic carbocycles. The highest BCUT2D eigenvalue weighted by molar-refractivity contribution is 5.83. The number of hydrogen-bond acceptors (Lipinski definition) is 11. The lowest BCUT2D eigenvalue weighted by molar-refractivity contribution is -0.149. The molecule has 4 aliphatic heterocycles. The SMILES string of the molecule is O=C(N[C@H](CN1CCCC1)[C@H](O)c1ccc2c(c1)OCCO2)C1CCN(c2ccc3cc(COC(=O)C4CCN(c5ccc6ccccc6n5)C4)ccc3n2)C1. The number of carbonyl (C=O) groups excluding carboxylic acids is 2. The van der Waals surface area contributed by atoms with Crippen LogP contribution in [0.4, 0.5) is 11.6 Å². The zero-order valence-electron chi connectivity index (χ0n) is 31.5. The maximum atomic E-state index is 13.8. The fourth-order valence-electron chi connectivity index (χ4n) is 8.52. The van der Waals surface area contributed by atoms with Crippen LogP contribution in [0.3, 0.4) is 0 Å². The normalized spacial score (nSPS) is 20.7. The molecule has 3 saturated heterocycles. The van der Waals surface area contributed by atoms with Crippen molar-refractivity contribution in [2.24, 2.45) is 11.8 Å². The summed E-state index contributed by atoms with van der Waals surface area (Å²) in [5, 5.41) is 16.9. The number of amides is 1. The number of pyridine rings is 2. The van der Waals surface area contributed by atoms with Crippen LogP contribution in [-0.4, -0.2) is 96.9 Å². The summed E-state index contributed by atoms with van der Waals surface area (Å²) in [5.41, 5.74) is 3.40. The zero-order chi connectivity index (χ0) is 38.0. The Morgan fingerprint density at radius 1 is 0.768 bits per heavy atom. The van der Waals surface area contributed by atoms with Crippen LogP contribution in [0.25, 0.3) is 21.8 Å². The highest BCUT2D eigenvalue weighted by atomic mass is 16.6. The Hall–Kier alpha value is -5.46. The molecule has 9 rings (SSSR count). The van der Waals surface area contributed by atoms with E-state index in [0.29, 0.717) is 62.9 Å². The Morgan fingerprint density at radius 3 is 2.27 bits per heavy atom. The topological polar surface area (TPSA) is 130 Å². The van der Waals surface area contributed by atoms with Gasteiger partial charge in [-0.05, 0) is 104 Å². The molecule has 56 heavy (non-hydrogen) atoms. The van der Waals surface area contributed by atoms with E-state index in [-0.39, 0.29) is 30.3 Å². The summed E-state index contributed by atoms with van der Waals surface area (Å²) in [4.78, 5) is 43.2. The molecule has 2 N–H and O–H groups in total. The van der Waals surface area contributed by atoms with E-state index in [9.17, 15) is 14.7 Å². The van der Waals surface area contributed by atoms with Gasteiger partial charge in [-0.1, -0.05) is 30.3 Å². The Labute approximate surface area is 326 Å². The fraction of sp³-hybridized carbons (Fsp3) is 0.409. The van der Waals surface area contributed by atoms with E-state index in [2.05, 4.69) is 26.1 Å². The molecule has 12 heteroatoms. The van der Waals surface area contributed by atoms with E-state index in [4.69, 9.17) is 24.2 Å². The van der Waals surface area contributed by atoms with Crippen molar-refractivity contribution in [2.75, 3.05) is 68.8 Å². The molecule has 0 aliphatic carbocycles. The van der Waals surface area contributed by atoms with Crippen molar-refractivity contribution in [1.29, 1.82) is 0 Å². The maximum Gasteiger partial charge on any atom is 0.311 e. The Balaban J connectivity index is 0.795. The standard InChI is InChI=1S/C44H48N6O6/c51-42(32-8-12-38-39(24-32)55-22-21-54-38)37(27-48-17-3-4-18-48)47-43(52)33-15-19-49(25-33)41-14-10-31-23-29(7-11-36(31)46-41)28-56-44(53)34-16-20-50(26-34)40-13-9-30-5-1-2-6-35(30)45-40/h1-2,5-14,23-24,33-34,37,42,51H,3-4,15-22,25-28H2,(H,47,52)/t33?,34?,37-,42-/m1/s1. The molecule has 12 nitrogen and oxygen atoms in total. The van der Waals surface area contributed by atoms with Gasteiger partial charge in [0.1, 0.15) is 37.6 Å². The van der Waals surface area contributed by atoms with E-state index >= 15 is 0 Å². The van der Waals surface area contributed by atoms with Crippen LogP contribution in [-0.2, 0) is 20.9 Å². The molecule has 2 unspecified atom stereocenters. The van der Waals surface area contributed by atoms with Gasteiger partial charge >= 0.3 is 5.97 Å². The highest BCUT2D eigenvalue weighted by Gasteiger charge is 2.34. The minimum Gasteiger partial charge on any atom is -0.486 e. The first-order valence-electron chi connectivity index (χ1n) is 20.0. The summed E-state index contributed by atoms with van der Waals surface area (Å²) in [5.74, 6) is 2.34. The molecule has 6 heterocycles. The Morgan fingerprint density at radius 2 is 1.46 bits per heavy atom. The molecular weight excluding hydrogens is 709 g/mol. The van der Waals surface area contributed by atoms with E-state index < -0.39 is 12.1 Å². The van der Waals surface area contributed by atoms with Crippen molar-refractivity contribution in [3.05, 3.63) is 96.1 Å². The van der Waals surface area contributed by atoms with E-state index in [1.54, 1.807) is 0 Å². The van der Waals surface area contributed by atoms with Crippen LogP contribution in [0.5, 0.6) is 11.5 Å². The second-order valence-corrected chi connectivity index (χ2v) is 15.5. The molecule has 5 aromatic rings. The lowest BCUT2D eigenvalue weighted by Gasteiger charge is -2.30. The molecule has 0 bridgehead atoms. The number of anilines is 2. The van der Waals surface area contributed by atoms with Gasteiger partial charge < -0.3 is 39.3 Å². The first kappa shape index (κ1) is 36.2. The average molecular weight is 757 g/mol. The zero-order valence-corrected chi connectivity index (χ0v) is 31.5. The van der Waals surface area contributed by atoms with Crippen molar-refractivity contribution in [1.82, 2.24) is 20.2 Å². The summed E-state index contributed by atoms with van der Waals surface area (Å²) in [6, 6.07) is 27.2. The molecule has 3 fully saturated rings. The van der Waals surface area contributed by atoms with E-state index in [1.165, 1.54) is 0 Å². The van der Waals surface area contributed by atoms with Crippen molar-refractivity contribution in [2.45, 2.75) is 44.4 Å². The summed E-state index contributed by atoms with van der Waals surface area (Å²) in [6.45, 7) is 6.29. The van der Waals surface area contributed by atoms with Gasteiger partial charge in [0, 0.05) is 43.5 Å². The molecule has 0 saturated carbocycles. The third kappa shape index (κ3) is 7.81. The van der Waals surface area contributed by atoms with Gasteiger partial charge in [0.25, 0.3) is 0 Å². The predicted molar refractivity (Wildman–Crippen MR) is 214 cm³/mol. The number of carbonyl (C=O) groups is 2. The molecule has 1 amide bonds. The van der Waals surface area contributed by atoms with E-state index in [0.717, 1.165) is 77.9 Å². The average Bonchev–Trinajstić information content (AvgIpc) is 4.05. The first-order valence-corrected chi connectivity index (χ1v) is 20.0. The lowest BCUT2D eigenvalue weighted by atomic mass is 9.99. The van der Waals surface area contributed by atoms with Crippen LogP contribution >= 0.6 is 0 Å². The third-order valence-corrected chi connectivity index (χ3v) is 11.7. The minimum absolute atomic E-state index is 0.0519. The largest absolute Gasteiger partial charge is 0.486 e. The summed E-state index contributed by atoms with van der Waals surface area (Å²) < 4.78 is 17.2. The predicted octanol–water partition coefficient (Wildman–Crippen LogP) is 5.26. The number of likely N-dealkylation sites (tertiary alicyclic amines) is 1. The number of aliphatic hydroxyl groups is 1. The van der Waals surface area contributed by atoms with Gasteiger partial charge in [-0.2, -0.15) is 0 Å². The molecule has 0 spiro atoms. The van der Waals surface area contributed by atoms with Gasteiger partial charge in [0.2, 0.25) is 5.91 Å². The second kappa shape index (κ2) is 16.0. The smallest absolute Gasteiger partial charge is 0.311 e. The number of ether oxygens (including phenoxy) is 3. The Bertz CT molecular complexity index is 2230. The molecule has 290 valence electrons. The third-order valence-electron chi connectivity index (χ3n) is 11.7. The molecule has 4 aliphatic rings. The van der Waals surface area contributed by atoms with Crippen LogP contribution in [0.1, 0.15) is 42.9 Å². The first-order chi connectivity index (χ1) is 27.4. The molecule has 2 aromatic heterocycles. The number of hydrogen-bond donors (Lipinski definition) is 2. The molecular formula is C44H48N6O6. The van der Waals surface area contributed by atoms with Crippen LogP contribution in [0.15, 0.2) is 84.9 Å². The quantitative estimate of drug-likeness (QED) is 0.171. The minimum atomic E-state index is -0.893. The highest BCUT2D eigenvalue weighted by Crippen LogP contribution is 2.34. The summed E-state index contributed by atoms with van der Waals surface area (Å²) in [7, 11) is 0. The number of fused-ring (bicyclic) bond motifs is 3.